The van der Waals surface area contributed by atoms with E-state index in [9.17, 15) is 9.90 Å². The van der Waals surface area contributed by atoms with Crippen LogP contribution in [0.2, 0.25) is 0 Å². The van der Waals surface area contributed by atoms with Crippen LogP contribution in [0.1, 0.15) is 54.8 Å². The van der Waals surface area contributed by atoms with E-state index in [0.29, 0.717) is 23.0 Å². The van der Waals surface area contributed by atoms with Crippen LogP contribution in [0.25, 0.3) is 11.5 Å². The van der Waals surface area contributed by atoms with Crippen molar-refractivity contribution in [2.45, 2.75) is 49.5 Å². The number of rotatable bonds is 3. The molecule has 1 N–H and O–H groups in total. The molecule has 2 aromatic rings. The van der Waals surface area contributed by atoms with Crippen LogP contribution >= 0.6 is 0 Å². The Kier molecular flexibility index (Phi) is 3.42. The lowest BCUT2D eigenvalue weighted by Crippen LogP contribution is -2.48. The Morgan fingerprint density at radius 2 is 1.96 bits per heavy atom. The van der Waals surface area contributed by atoms with Crippen molar-refractivity contribution in [1.29, 1.82) is 0 Å². The van der Waals surface area contributed by atoms with Gasteiger partial charge < -0.3 is 14.4 Å². The molecule has 5 rings (SSSR count). The Labute approximate surface area is 139 Å². The molecule has 126 valence electrons. The number of carbonyl (C=O) groups excluding carboxylic acids is 1. The fraction of sp³-hybridized carbons (Fsp3) is 0.529. The van der Waals surface area contributed by atoms with Crippen molar-refractivity contribution >= 4 is 5.97 Å². The average Bonchev–Trinajstić information content (AvgIpc) is 3.13. The third-order valence-corrected chi connectivity index (χ3v) is 5.50. The highest BCUT2D eigenvalue weighted by Crippen LogP contribution is 2.53. The van der Waals surface area contributed by atoms with E-state index in [1.807, 2.05) is 0 Å². The predicted molar refractivity (Wildman–Crippen MR) is 83.2 cm³/mol. The van der Waals surface area contributed by atoms with E-state index in [1.54, 1.807) is 12.1 Å². The molecule has 0 atom stereocenters. The first-order valence-corrected chi connectivity index (χ1v) is 8.15. The summed E-state index contributed by atoms with van der Waals surface area (Å²) in [6, 6.07) is 3.18. The molecule has 0 aromatic carbocycles. The number of hydrogen-bond acceptors (Lipinski definition) is 7. The van der Waals surface area contributed by atoms with Gasteiger partial charge in [0.1, 0.15) is 5.69 Å². The zero-order valence-electron chi connectivity index (χ0n) is 13.5. The van der Waals surface area contributed by atoms with Gasteiger partial charge in [0.2, 0.25) is 11.7 Å². The summed E-state index contributed by atoms with van der Waals surface area (Å²) in [5.41, 5.74) is 0.247. The number of esters is 1. The van der Waals surface area contributed by atoms with E-state index in [-0.39, 0.29) is 5.41 Å². The summed E-state index contributed by atoms with van der Waals surface area (Å²) in [7, 11) is 1.33. The SMILES string of the molecule is COC(=O)c1ccnc(-c2noc(C34CCC(O)(CC3)CC4)n2)c1. The topological polar surface area (TPSA) is 98.3 Å². The van der Waals surface area contributed by atoms with Crippen molar-refractivity contribution in [2.75, 3.05) is 7.11 Å². The lowest BCUT2D eigenvalue weighted by atomic mass is 9.58. The zero-order valence-corrected chi connectivity index (χ0v) is 13.5. The van der Waals surface area contributed by atoms with Gasteiger partial charge in [0.05, 0.1) is 23.7 Å². The number of methoxy groups -OCH3 is 1. The summed E-state index contributed by atoms with van der Waals surface area (Å²) in [4.78, 5) is 20.4. The number of pyridine rings is 1. The van der Waals surface area contributed by atoms with Gasteiger partial charge in [-0.15, -0.1) is 0 Å². The van der Waals surface area contributed by atoms with Gasteiger partial charge >= 0.3 is 5.97 Å². The maximum atomic E-state index is 11.6. The minimum absolute atomic E-state index is 0.129. The van der Waals surface area contributed by atoms with Crippen LogP contribution in [0.3, 0.4) is 0 Å². The molecule has 0 unspecified atom stereocenters. The van der Waals surface area contributed by atoms with Crippen molar-refractivity contribution in [3.05, 3.63) is 29.8 Å². The van der Waals surface area contributed by atoms with Crippen molar-refractivity contribution in [1.82, 2.24) is 15.1 Å². The lowest BCUT2D eigenvalue weighted by molar-refractivity contribution is -0.0726. The van der Waals surface area contributed by atoms with Gasteiger partial charge in [-0.25, -0.2) is 4.79 Å². The average molecular weight is 329 g/mol. The molecule has 2 heterocycles. The summed E-state index contributed by atoms with van der Waals surface area (Å²) in [5, 5.41) is 14.4. The fourth-order valence-electron chi connectivity index (χ4n) is 3.83. The monoisotopic (exact) mass is 329 g/mol. The number of carbonyl (C=O) groups is 1. The smallest absolute Gasteiger partial charge is 0.337 e. The van der Waals surface area contributed by atoms with Gasteiger partial charge in [0, 0.05) is 6.20 Å². The molecule has 2 bridgehead atoms. The summed E-state index contributed by atoms with van der Waals surface area (Å²) < 4.78 is 10.3. The number of ether oxygens (including phenoxy) is 1. The van der Waals surface area contributed by atoms with Crippen LogP contribution in [0.4, 0.5) is 0 Å². The van der Waals surface area contributed by atoms with Crippen LogP contribution in [-0.4, -0.2) is 38.9 Å². The van der Waals surface area contributed by atoms with Gasteiger partial charge in [-0.2, -0.15) is 4.98 Å². The quantitative estimate of drug-likeness (QED) is 0.862. The second-order valence-corrected chi connectivity index (χ2v) is 6.85. The van der Waals surface area contributed by atoms with E-state index in [0.717, 1.165) is 38.5 Å². The normalized spacial score (nSPS) is 28.8. The van der Waals surface area contributed by atoms with E-state index >= 15 is 0 Å². The van der Waals surface area contributed by atoms with Crippen molar-refractivity contribution in [2.24, 2.45) is 0 Å². The number of aromatic nitrogens is 3. The van der Waals surface area contributed by atoms with Crippen molar-refractivity contribution < 1.29 is 19.2 Å². The Bertz CT molecular complexity index is 761. The summed E-state index contributed by atoms with van der Waals surface area (Å²) in [6.45, 7) is 0. The highest BCUT2D eigenvalue weighted by molar-refractivity contribution is 5.90. The zero-order chi connectivity index (χ0) is 16.8. The first-order chi connectivity index (χ1) is 11.5. The first kappa shape index (κ1) is 15.3. The van der Waals surface area contributed by atoms with Crippen molar-refractivity contribution in [3.63, 3.8) is 0 Å². The Balaban J connectivity index is 1.63. The van der Waals surface area contributed by atoms with Crippen LogP contribution in [0.5, 0.6) is 0 Å². The molecule has 3 aliphatic carbocycles. The third kappa shape index (κ3) is 2.39. The van der Waals surface area contributed by atoms with Gasteiger partial charge in [0.15, 0.2) is 0 Å². The van der Waals surface area contributed by atoms with E-state index in [1.165, 1.54) is 13.3 Å². The molecule has 0 radical (unpaired) electrons. The van der Waals surface area contributed by atoms with Gasteiger partial charge in [-0.05, 0) is 50.7 Å². The van der Waals surface area contributed by atoms with Crippen LogP contribution in [-0.2, 0) is 10.2 Å². The van der Waals surface area contributed by atoms with E-state index in [2.05, 4.69) is 15.1 Å². The lowest BCUT2D eigenvalue weighted by Gasteiger charge is -2.48. The number of fused-ring (bicyclic) bond motifs is 3. The maximum Gasteiger partial charge on any atom is 0.337 e. The Morgan fingerprint density at radius 1 is 1.25 bits per heavy atom. The molecule has 7 heteroatoms. The highest BCUT2D eigenvalue weighted by atomic mass is 16.5. The predicted octanol–water partition coefficient (Wildman–Crippen LogP) is 2.25. The molecule has 0 aliphatic heterocycles. The fourth-order valence-corrected chi connectivity index (χ4v) is 3.83. The standard InChI is InChI=1S/C17H19N3O4/c1-23-14(21)11-2-9-18-12(10-11)13-19-15(24-20-13)16-3-6-17(22,7-4-16)8-5-16/h2,9-10,22H,3-8H2,1H3. The van der Waals surface area contributed by atoms with E-state index < -0.39 is 11.6 Å². The molecule has 0 saturated heterocycles. The second kappa shape index (κ2) is 5.37. The van der Waals surface area contributed by atoms with Crippen LogP contribution < -0.4 is 0 Å². The largest absolute Gasteiger partial charge is 0.465 e. The highest BCUT2D eigenvalue weighted by Gasteiger charge is 2.51. The first-order valence-electron chi connectivity index (χ1n) is 8.15. The molecular formula is C17H19N3O4. The minimum Gasteiger partial charge on any atom is -0.465 e. The Morgan fingerprint density at radius 3 is 2.62 bits per heavy atom. The van der Waals surface area contributed by atoms with Gasteiger partial charge in [0.25, 0.3) is 0 Å². The number of hydrogen-bond donors (Lipinski definition) is 1. The molecule has 3 aliphatic rings. The maximum absolute atomic E-state index is 11.6. The molecule has 3 fully saturated rings. The third-order valence-electron chi connectivity index (χ3n) is 5.50. The molecule has 24 heavy (non-hydrogen) atoms. The molecule has 0 amide bonds. The summed E-state index contributed by atoms with van der Waals surface area (Å²) in [5.74, 6) is 0.556. The number of nitrogens with zero attached hydrogens (tertiary/aromatic N) is 3. The van der Waals surface area contributed by atoms with E-state index in [4.69, 9.17) is 9.26 Å². The molecule has 2 aromatic heterocycles. The summed E-state index contributed by atoms with van der Waals surface area (Å²) >= 11 is 0. The van der Waals surface area contributed by atoms with Gasteiger partial charge in [-0.3, -0.25) is 4.98 Å². The van der Waals surface area contributed by atoms with Crippen LogP contribution in [0.15, 0.2) is 22.9 Å². The molecular weight excluding hydrogens is 310 g/mol. The second-order valence-electron chi connectivity index (χ2n) is 6.85. The molecule has 3 saturated carbocycles. The molecule has 7 nitrogen and oxygen atoms in total. The molecule has 0 spiro atoms. The Hall–Kier alpha value is -2.28. The minimum atomic E-state index is -0.499. The number of aliphatic hydroxyl groups is 1. The van der Waals surface area contributed by atoms with Gasteiger partial charge in [-0.1, -0.05) is 5.16 Å². The van der Waals surface area contributed by atoms with Crippen molar-refractivity contribution in [3.8, 4) is 11.5 Å². The van der Waals surface area contributed by atoms with Crippen LogP contribution in [0, 0.1) is 0 Å². The summed E-state index contributed by atoms with van der Waals surface area (Å²) in [6.07, 6.45) is 6.45.